The van der Waals surface area contributed by atoms with Gasteiger partial charge in [-0.3, -0.25) is 14.7 Å². The van der Waals surface area contributed by atoms with E-state index in [0.29, 0.717) is 5.69 Å². The normalized spacial score (nSPS) is 10.3. The van der Waals surface area contributed by atoms with Gasteiger partial charge in [-0.15, -0.1) is 12.4 Å². The van der Waals surface area contributed by atoms with Crippen molar-refractivity contribution in [2.75, 3.05) is 10.5 Å². The maximum atomic E-state index is 11.9. The molecule has 4 aromatic rings. The number of benzene rings is 2. The van der Waals surface area contributed by atoms with Crippen molar-refractivity contribution in [1.29, 1.82) is 0 Å². The number of sulfonamides is 1. The second-order valence-electron chi connectivity index (χ2n) is 6.19. The molecule has 0 amide bonds. The molecule has 34 heavy (non-hydrogen) atoms. The fourth-order valence-electron chi connectivity index (χ4n) is 2.19. The highest BCUT2D eigenvalue weighted by Gasteiger charge is 2.12. The Bertz CT molecular complexity index is 1310. The predicted molar refractivity (Wildman–Crippen MR) is 137 cm³/mol. The molecule has 0 bridgehead atoms. The van der Waals surface area contributed by atoms with Crippen LogP contribution in [-0.4, -0.2) is 26.8 Å². The van der Waals surface area contributed by atoms with Gasteiger partial charge in [-0.05, 0) is 48.5 Å². The van der Waals surface area contributed by atoms with Crippen LogP contribution >= 0.6 is 23.1 Å². The van der Waals surface area contributed by atoms with E-state index in [1.165, 1.54) is 49.1 Å². The Morgan fingerprint density at radius 3 is 1.41 bits per heavy atom. The lowest BCUT2D eigenvalue weighted by Crippen LogP contribution is -2.12. The van der Waals surface area contributed by atoms with Gasteiger partial charge in [-0.2, -0.15) is 0 Å². The van der Waals surface area contributed by atoms with Crippen LogP contribution < -0.4 is 10.5 Å². The highest BCUT2D eigenvalue weighted by Crippen LogP contribution is 2.14. The summed E-state index contributed by atoms with van der Waals surface area (Å²) in [6, 6.07) is 23.8. The van der Waals surface area contributed by atoms with E-state index in [0.717, 1.165) is 5.69 Å². The number of halogens is 2. The first-order chi connectivity index (χ1) is 15.7. The molecule has 0 spiro atoms. The summed E-state index contributed by atoms with van der Waals surface area (Å²) in [5.41, 5.74) is 6.72. The molecule has 3 N–H and O–H groups in total. The third kappa shape index (κ3) is 10.6. The minimum atomic E-state index is -3.57. The van der Waals surface area contributed by atoms with Crippen molar-refractivity contribution in [1.82, 2.24) is 9.97 Å². The largest absolute Gasteiger partial charge is 0.399 e. The Labute approximate surface area is 209 Å². The summed E-state index contributed by atoms with van der Waals surface area (Å²) in [7, 11) is -2.07. The minimum absolute atomic E-state index is 0. The van der Waals surface area contributed by atoms with E-state index < -0.39 is 19.1 Å². The van der Waals surface area contributed by atoms with E-state index in [9.17, 15) is 16.8 Å². The molecule has 0 unspecified atom stereocenters. The molecule has 0 aliphatic heterocycles. The lowest BCUT2D eigenvalue weighted by Gasteiger charge is -2.06. The van der Waals surface area contributed by atoms with Crippen LogP contribution in [0.5, 0.6) is 0 Å². The van der Waals surface area contributed by atoms with Crippen LogP contribution in [0.15, 0.2) is 120 Å². The number of rotatable bonds is 4. The molecular formula is C22H22Cl2N4O4S2. The van der Waals surface area contributed by atoms with Crippen LogP contribution in [-0.2, 0) is 19.1 Å². The van der Waals surface area contributed by atoms with Crippen LogP contribution in [0.1, 0.15) is 0 Å². The Kier molecular flexibility index (Phi) is 12.0. The summed E-state index contributed by atoms with van der Waals surface area (Å²) < 4.78 is 47.3. The zero-order valence-electron chi connectivity index (χ0n) is 17.6. The molecule has 0 saturated carbocycles. The fourth-order valence-corrected chi connectivity index (χ4v) is 3.99. The first-order valence-electron chi connectivity index (χ1n) is 9.31. The highest BCUT2D eigenvalue weighted by atomic mass is 35.7. The molecule has 180 valence electrons. The van der Waals surface area contributed by atoms with Gasteiger partial charge < -0.3 is 5.73 Å². The smallest absolute Gasteiger partial charge is 0.262 e. The van der Waals surface area contributed by atoms with Crippen molar-refractivity contribution in [3.8, 4) is 0 Å². The van der Waals surface area contributed by atoms with Gasteiger partial charge in [0.1, 0.15) is 0 Å². The van der Waals surface area contributed by atoms with Crippen LogP contribution in [0.25, 0.3) is 0 Å². The number of hydrogen-bond acceptors (Lipinski definition) is 7. The molecule has 12 heteroatoms. The van der Waals surface area contributed by atoms with Gasteiger partial charge in [0.25, 0.3) is 19.1 Å². The average molecular weight is 541 g/mol. The highest BCUT2D eigenvalue weighted by molar-refractivity contribution is 8.13. The van der Waals surface area contributed by atoms with Gasteiger partial charge in [-0.25, -0.2) is 16.8 Å². The van der Waals surface area contributed by atoms with Gasteiger partial charge in [-0.1, -0.05) is 36.4 Å². The fraction of sp³-hybridized carbons (Fsp3) is 0. The molecule has 0 saturated heterocycles. The number of hydrogen-bond donors (Lipinski definition) is 2. The van der Waals surface area contributed by atoms with Crippen molar-refractivity contribution < 1.29 is 16.8 Å². The van der Waals surface area contributed by atoms with Gasteiger partial charge in [0.15, 0.2) is 0 Å². The molecule has 0 atom stereocenters. The number of nitrogen functional groups attached to an aromatic ring is 1. The second-order valence-corrected chi connectivity index (χ2v) is 10.4. The monoisotopic (exact) mass is 540 g/mol. The van der Waals surface area contributed by atoms with E-state index in [4.69, 9.17) is 16.4 Å². The molecule has 8 nitrogen and oxygen atoms in total. The third-order valence-corrected chi connectivity index (χ3v) is 6.48. The zero-order chi connectivity index (χ0) is 24.2. The minimum Gasteiger partial charge on any atom is -0.399 e. The van der Waals surface area contributed by atoms with E-state index in [-0.39, 0.29) is 22.2 Å². The number of nitrogens with two attached hydrogens (primary N) is 1. The van der Waals surface area contributed by atoms with Crippen molar-refractivity contribution in [3.63, 3.8) is 0 Å². The maximum absolute atomic E-state index is 11.9. The van der Waals surface area contributed by atoms with Crippen molar-refractivity contribution >= 4 is 53.5 Å². The summed E-state index contributed by atoms with van der Waals surface area (Å²) in [6.07, 6.45) is 5.63. The lowest BCUT2D eigenvalue weighted by molar-refractivity contribution is 0.600. The quantitative estimate of drug-likeness (QED) is 0.285. The zero-order valence-corrected chi connectivity index (χ0v) is 20.8. The first-order valence-corrected chi connectivity index (χ1v) is 13.1. The van der Waals surface area contributed by atoms with Crippen molar-refractivity contribution in [3.05, 3.63) is 110 Å². The maximum Gasteiger partial charge on any atom is 0.262 e. The molecule has 0 aliphatic carbocycles. The lowest BCUT2D eigenvalue weighted by atomic mass is 10.3. The third-order valence-electron chi connectivity index (χ3n) is 3.72. The number of anilines is 2. The Morgan fingerprint density at radius 2 is 1.06 bits per heavy atom. The molecule has 2 aromatic heterocycles. The number of nitrogens with zero attached hydrogens (tertiary/aromatic N) is 2. The summed E-state index contributed by atoms with van der Waals surface area (Å²) >= 11 is 0. The van der Waals surface area contributed by atoms with Gasteiger partial charge in [0.05, 0.1) is 9.79 Å². The second kappa shape index (κ2) is 14.2. The average Bonchev–Trinajstić information content (AvgIpc) is 2.81. The molecular weight excluding hydrogens is 519 g/mol. The molecule has 2 heterocycles. The van der Waals surface area contributed by atoms with Crippen LogP contribution in [0.2, 0.25) is 0 Å². The van der Waals surface area contributed by atoms with Gasteiger partial charge >= 0.3 is 0 Å². The molecule has 0 aliphatic rings. The summed E-state index contributed by atoms with van der Waals surface area (Å²) in [6.45, 7) is 0. The molecule has 4 rings (SSSR count). The molecule has 0 fully saturated rings. The Hall–Kier alpha value is -3.18. The predicted octanol–water partition coefficient (Wildman–Crippen LogP) is 4.58. The number of nitrogens with one attached hydrogen (secondary N) is 1. The van der Waals surface area contributed by atoms with Crippen molar-refractivity contribution in [2.24, 2.45) is 0 Å². The number of pyridine rings is 2. The standard InChI is InChI=1S/C11H10N2O2S.C6H7N.C5H4ClNO2S.ClH/c14-16(15,11-6-8-12-9-7-11)13-10-4-2-1-3-5-10;7-6-4-2-1-3-5-6;6-10(8,9)5-1-3-7-4-2-5;/h1-9,13H;1-5H,7H2;1-4H;1H. The van der Waals surface area contributed by atoms with Gasteiger partial charge in [0, 0.05) is 46.8 Å². The molecule has 0 radical (unpaired) electrons. The summed E-state index contributed by atoms with van der Waals surface area (Å²) in [5, 5.41) is 0. The number of para-hydroxylation sites is 2. The summed E-state index contributed by atoms with van der Waals surface area (Å²) in [4.78, 5) is 7.68. The Balaban J connectivity index is 0.000000275. The van der Waals surface area contributed by atoms with Crippen LogP contribution in [0.3, 0.4) is 0 Å². The summed E-state index contributed by atoms with van der Waals surface area (Å²) in [5.74, 6) is 0. The van der Waals surface area contributed by atoms with Gasteiger partial charge in [0.2, 0.25) is 0 Å². The van der Waals surface area contributed by atoms with E-state index in [2.05, 4.69) is 14.7 Å². The van der Waals surface area contributed by atoms with Crippen molar-refractivity contribution in [2.45, 2.75) is 9.79 Å². The molecule has 2 aromatic carbocycles. The van der Waals surface area contributed by atoms with Crippen LogP contribution in [0, 0.1) is 0 Å². The van der Waals surface area contributed by atoms with E-state index in [1.54, 1.807) is 24.3 Å². The SMILES string of the molecule is Cl.Nc1ccccc1.O=S(=O)(Cl)c1ccncc1.O=S(=O)(Nc1ccccc1)c1ccncc1. The number of aromatic nitrogens is 2. The Morgan fingerprint density at radius 1 is 0.647 bits per heavy atom. The first kappa shape index (κ1) is 28.9. The van der Waals surface area contributed by atoms with Crippen LogP contribution in [0.4, 0.5) is 11.4 Å². The topological polar surface area (TPSA) is 132 Å². The van der Waals surface area contributed by atoms with E-state index >= 15 is 0 Å². The van der Waals surface area contributed by atoms with E-state index in [1.807, 2.05) is 36.4 Å².